The second-order valence-corrected chi connectivity index (χ2v) is 9.09. The van der Waals surface area contributed by atoms with E-state index in [0.717, 1.165) is 11.1 Å². The van der Waals surface area contributed by atoms with Crippen molar-refractivity contribution < 1.29 is 20.9 Å². The van der Waals surface area contributed by atoms with E-state index in [9.17, 15) is 18.0 Å². The van der Waals surface area contributed by atoms with Crippen molar-refractivity contribution in [1.82, 2.24) is 15.5 Å². The minimum atomic E-state index is -3.23. The van der Waals surface area contributed by atoms with E-state index in [0.29, 0.717) is 32.4 Å². The maximum atomic E-state index is 12.5. The van der Waals surface area contributed by atoms with Gasteiger partial charge in [-0.1, -0.05) is 18.2 Å². The Kier molecular flexibility index (Phi) is 5.42. The van der Waals surface area contributed by atoms with Crippen molar-refractivity contribution in [2.24, 2.45) is 0 Å². The Bertz CT molecular complexity index is 967. The molecule has 8 nitrogen and oxygen atoms in total. The van der Waals surface area contributed by atoms with Crippen LogP contribution in [0, 0.1) is 11.3 Å². The zero-order valence-corrected chi connectivity index (χ0v) is 16.4. The fourth-order valence-electron chi connectivity index (χ4n) is 3.14. The SMILES string of the molecule is CS(=O)(=O)c1ccc(C2=CCN(C(=O)NC3(C(=O)NCC#N)CC3)CC2)cc1.[HH].[HH]. The van der Waals surface area contributed by atoms with E-state index in [1.165, 1.54) is 6.26 Å². The molecule has 3 amide bonds. The molecule has 0 unspecified atom stereocenters. The average Bonchev–Trinajstić information content (AvgIpc) is 3.46. The van der Waals surface area contributed by atoms with Crippen LogP contribution in [0.25, 0.3) is 5.57 Å². The van der Waals surface area contributed by atoms with Crippen molar-refractivity contribution in [2.75, 3.05) is 25.9 Å². The van der Waals surface area contributed by atoms with Crippen LogP contribution >= 0.6 is 0 Å². The number of nitrogens with zero attached hydrogens (tertiary/aromatic N) is 2. The van der Waals surface area contributed by atoms with Crippen LogP contribution in [0.5, 0.6) is 0 Å². The Morgan fingerprint density at radius 3 is 2.46 bits per heavy atom. The molecule has 1 fully saturated rings. The van der Waals surface area contributed by atoms with Crippen LogP contribution < -0.4 is 10.6 Å². The van der Waals surface area contributed by atoms with Gasteiger partial charge in [-0.05, 0) is 42.5 Å². The molecule has 1 aromatic carbocycles. The third kappa shape index (κ3) is 4.34. The van der Waals surface area contributed by atoms with E-state index < -0.39 is 15.4 Å². The number of benzene rings is 1. The first-order valence-electron chi connectivity index (χ1n) is 8.97. The monoisotopic (exact) mass is 406 g/mol. The van der Waals surface area contributed by atoms with Gasteiger partial charge in [0.15, 0.2) is 9.84 Å². The van der Waals surface area contributed by atoms with E-state index in [1.807, 2.05) is 12.1 Å². The summed E-state index contributed by atoms with van der Waals surface area (Å²) in [4.78, 5) is 26.5. The zero-order valence-electron chi connectivity index (χ0n) is 15.6. The van der Waals surface area contributed by atoms with Gasteiger partial charge in [0.05, 0.1) is 11.0 Å². The summed E-state index contributed by atoms with van der Waals surface area (Å²) in [6, 6.07) is 8.27. The summed E-state index contributed by atoms with van der Waals surface area (Å²) in [6.07, 6.45) is 4.88. The number of carbonyl (C=O) groups is 2. The number of nitriles is 1. The molecule has 0 spiro atoms. The van der Waals surface area contributed by atoms with Crippen LogP contribution in [0.4, 0.5) is 4.79 Å². The molecule has 0 saturated heterocycles. The van der Waals surface area contributed by atoms with Gasteiger partial charge in [-0.3, -0.25) is 4.79 Å². The molecule has 0 bridgehead atoms. The first kappa shape index (κ1) is 19.9. The molecule has 1 heterocycles. The molecule has 9 heteroatoms. The van der Waals surface area contributed by atoms with Gasteiger partial charge in [-0.15, -0.1) is 0 Å². The normalized spacial score (nSPS) is 17.9. The molecule has 0 aromatic heterocycles. The second-order valence-electron chi connectivity index (χ2n) is 7.07. The minimum absolute atomic E-state index is 0. The van der Waals surface area contributed by atoms with Crippen molar-refractivity contribution in [1.29, 1.82) is 5.26 Å². The Morgan fingerprint density at radius 1 is 1.29 bits per heavy atom. The maximum Gasteiger partial charge on any atom is 0.318 e. The first-order chi connectivity index (χ1) is 13.2. The van der Waals surface area contributed by atoms with Crippen molar-refractivity contribution in [2.45, 2.75) is 29.7 Å². The van der Waals surface area contributed by atoms with Crippen LogP contribution in [-0.2, 0) is 14.6 Å². The second kappa shape index (κ2) is 7.64. The topological polar surface area (TPSA) is 119 Å². The summed E-state index contributed by atoms with van der Waals surface area (Å²) in [5.74, 6) is -0.318. The summed E-state index contributed by atoms with van der Waals surface area (Å²) in [5.41, 5.74) is 1.10. The number of hydrogen-bond acceptors (Lipinski definition) is 5. The van der Waals surface area contributed by atoms with E-state index in [2.05, 4.69) is 10.6 Å². The molecular formula is C19H26N4O4S. The molecule has 1 saturated carbocycles. The summed E-state index contributed by atoms with van der Waals surface area (Å²) in [7, 11) is -3.23. The van der Waals surface area contributed by atoms with Crippen LogP contribution in [0.3, 0.4) is 0 Å². The molecule has 0 radical (unpaired) electrons. The molecule has 28 heavy (non-hydrogen) atoms. The smallest absolute Gasteiger partial charge is 0.318 e. The average molecular weight is 407 g/mol. The van der Waals surface area contributed by atoms with Gasteiger partial charge in [0, 0.05) is 22.2 Å². The number of nitrogens with one attached hydrogen (secondary N) is 2. The largest absolute Gasteiger partial charge is 0.341 e. The Labute approximate surface area is 167 Å². The Hall–Kier alpha value is -2.86. The fraction of sp³-hybridized carbons (Fsp3) is 0.421. The number of hydrogen-bond donors (Lipinski definition) is 2. The minimum Gasteiger partial charge on any atom is -0.341 e. The molecular weight excluding hydrogens is 380 g/mol. The zero-order chi connectivity index (χ0) is 20.4. The highest BCUT2D eigenvalue weighted by Gasteiger charge is 2.51. The van der Waals surface area contributed by atoms with E-state index in [4.69, 9.17) is 5.26 Å². The van der Waals surface area contributed by atoms with Crippen LogP contribution in [-0.4, -0.2) is 56.7 Å². The third-order valence-corrected chi connectivity index (χ3v) is 6.14. The molecule has 0 atom stereocenters. The Balaban J connectivity index is 0.00000225. The van der Waals surface area contributed by atoms with Crippen LogP contribution in [0.1, 0.15) is 27.7 Å². The summed E-state index contributed by atoms with van der Waals surface area (Å²) < 4.78 is 23.1. The van der Waals surface area contributed by atoms with Gasteiger partial charge in [0.25, 0.3) is 0 Å². The first-order valence-corrected chi connectivity index (χ1v) is 10.9. The summed E-state index contributed by atoms with van der Waals surface area (Å²) in [6.45, 7) is 0.830. The van der Waals surface area contributed by atoms with E-state index in [-0.39, 0.29) is 26.2 Å². The van der Waals surface area contributed by atoms with Crippen molar-refractivity contribution >= 4 is 27.3 Å². The van der Waals surface area contributed by atoms with Gasteiger partial charge < -0.3 is 15.5 Å². The number of rotatable bonds is 5. The number of carbonyl (C=O) groups excluding carboxylic acids is 2. The molecule has 1 aliphatic carbocycles. The quantitative estimate of drug-likeness (QED) is 0.719. The Morgan fingerprint density at radius 2 is 1.96 bits per heavy atom. The summed E-state index contributed by atoms with van der Waals surface area (Å²) in [5, 5.41) is 13.9. The van der Waals surface area contributed by atoms with Gasteiger partial charge in [0.2, 0.25) is 5.91 Å². The molecule has 152 valence electrons. The molecule has 1 aromatic rings. The number of sulfone groups is 1. The highest BCUT2D eigenvalue weighted by Crippen LogP contribution is 2.36. The lowest BCUT2D eigenvalue weighted by Crippen LogP contribution is -2.53. The third-order valence-electron chi connectivity index (χ3n) is 5.01. The number of urea groups is 1. The molecule has 1 aliphatic heterocycles. The fourth-order valence-corrected chi connectivity index (χ4v) is 3.77. The van der Waals surface area contributed by atoms with Crippen molar-refractivity contribution in [3.8, 4) is 6.07 Å². The van der Waals surface area contributed by atoms with Gasteiger partial charge in [0.1, 0.15) is 12.1 Å². The van der Waals surface area contributed by atoms with E-state index in [1.54, 1.807) is 29.2 Å². The predicted molar refractivity (Wildman–Crippen MR) is 107 cm³/mol. The van der Waals surface area contributed by atoms with Crippen molar-refractivity contribution in [3.05, 3.63) is 35.9 Å². The number of amides is 3. The molecule has 2 N–H and O–H groups in total. The molecule has 3 rings (SSSR count). The standard InChI is InChI=1S/C19H22N4O4S.2H2/c1-28(26,27)16-4-2-14(3-5-16)15-6-12-23(13-7-15)18(25)22-19(8-9-19)17(24)21-11-10-20;;/h2-6H,7-9,11-13H2,1H3,(H,21,24)(H,22,25);2*1H. The van der Waals surface area contributed by atoms with Gasteiger partial charge >= 0.3 is 6.03 Å². The maximum absolute atomic E-state index is 12.5. The van der Waals surface area contributed by atoms with Crippen LogP contribution in [0.15, 0.2) is 35.2 Å². The highest BCUT2D eigenvalue weighted by atomic mass is 32.2. The van der Waals surface area contributed by atoms with Crippen LogP contribution in [0.2, 0.25) is 0 Å². The highest BCUT2D eigenvalue weighted by molar-refractivity contribution is 7.90. The van der Waals surface area contributed by atoms with Crippen molar-refractivity contribution in [3.63, 3.8) is 0 Å². The van der Waals surface area contributed by atoms with Gasteiger partial charge in [-0.25, -0.2) is 13.2 Å². The lowest BCUT2D eigenvalue weighted by molar-refractivity contribution is -0.123. The van der Waals surface area contributed by atoms with Gasteiger partial charge in [-0.2, -0.15) is 5.26 Å². The predicted octanol–water partition coefficient (Wildman–Crippen LogP) is 1.55. The lowest BCUT2D eigenvalue weighted by atomic mass is 10.00. The lowest BCUT2D eigenvalue weighted by Gasteiger charge is -2.29. The summed E-state index contributed by atoms with van der Waals surface area (Å²) >= 11 is 0. The molecule has 2 aliphatic rings. The van der Waals surface area contributed by atoms with E-state index >= 15 is 0 Å².